The van der Waals surface area contributed by atoms with Crippen LogP contribution in [-0.2, 0) is 35.7 Å². The summed E-state index contributed by atoms with van der Waals surface area (Å²) in [5.74, 6) is 0.834. The quantitative estimate of drug-likeness (QED) is 0.122. The number of allylic oxidation sites excluding steroid dienone is 1. The molecule has 3 aliphatic rings. The van der Waals surface area contributed by atoms with Crippen LogP contribution in [0.2, 0.25) is 0 Å². The van der Waals surface area contributed by atoms with Crippen molar-refractivity contribution in [1.29, 1.82) is 0 Å². The molecule has 0 radical (unpaired) electrons. The standard InChI is InChI=1S/C27H39N5O6/c1-20-17-21-18-24-23(4-5-25(33)30-24)27(19-20)22(21)3-2-8-32(27)26(34)6-9-35-11-13-37-15-16-38-14-12-36-10-7-29-31-28/h4-5,17,21-22H,2-3,6-16,18-19H2,1H3,(H,30,33)/t21-,22+,27+/m0/s1. The van der Waals surface area contributed by atoms with E-state index in [0.29, 0.717) is 77.7 Å². The van der Waals surface area contributed by atoms with Gasteiger partial charge in [0.25, 0.3) is 0 Å². The zero-order valence-electron chi connectivity index (χ0n) is 22.2. The van der Waals surface area contributed by atoms with Gasteiger partial charge in [0.15, 0.2) is 0 Å². The van der Waals surface area contributed by atoms with Gasteiger partial charge < -0.3 is 28.8 Å². The number of fused-ring (bicyclic) bond motifs is 1. The molecular formula is C27H39N5O6. The second-order valence-electron chi connectivity index (χ2n) is 10.1. The van der Waals surface area contributed by atoms with Crippen molar-refractivity contribution >= 4 is 5.91 Å². The van der Waals surface area contributed by atoms with Gasteiger partial charge in [-0.1, -0.05) is 16.8 Å². The van der Waals surface area contributed by atoms with Crippen LogP contribution in [0, 0.1) is 11.8 Å². The second-order valence-corrected chi connectivity index (χ2v) is 10.1. The van der Waals surface area contributed by atoms with Crippen LogP contribution in [0.3, 0.4) is 0 Å². The maximum atomic E-state index is 13.5. The number of hydrogen-bond donors (Lipinski definition) is 1. The number of likely N-dealkylation sites (tertiary alicyclic amines) is 1. The van der Waals surface area contributed by atoms with Crippen molar-refractivity contribution < 1.29 is 23.7 Å². The highest BCUT2D eigenvalue weighted by Gasteiger charge is 2.56. The highest BCUT2D eigenvalue weighted by molar-refractivity contribution is 5.78. The Morgan fingerprint density at radius 2 is 1.79 bits per heavy atom. The van der Waals surface area contributed by atoms with E-state index in [9.17, 15) is 9.59 Å². The first-order valence-electron chi connectivity index (χ1n) is 13.6. The SMILES string of the molecule is CC1=C[C@H]2Cc3[nH]c(=O)ccc3[C@@]3(C1)[C@@H]2CCCN3C(=O)CCOCCOCCOCCOCCN=[N+]=[N-]. The Morgan fingerprint density at radius 1 is 1.11 bits per heavy atom. The molecule has 0 saturated carbocycles. The molecule has 1 fully saturated rings. The van der Waals surface area contributed by atoms with Crippen LogP contribution in [0.4, 0.5) is 0 Å². The number of pyridine rings is 1. The molecule has 4 rings (SSSR count). The van der Waals surface area contributed by atoms with Crippen LogP contribution < -0.4 is 5.56 Å². The minimum Gasteiger partial charge on any atom is -0.379 e. The predicted molar refractivity (Wildman–Crippen MR) is 141 cm³/mol. The van der Waals surface area contributed by atoms with Gasteiger partial charge in [-0.3, -0.25) is 9.59 Å². The highest BCUT2D eigenvalue weighted by atomic mass is 16.6. The largest absolute Gasteiger partial charge is 0.379 e. The molecule has 1 saturated heterocycles. The average molecular weight is 530 g/mol. The van der Waals surface area contributed by atoms with Crippen molar-refractivity contribution in [3.8, 4) is 0 Å². The van der Waals surface area contributed by atoms with E-state index < -0.39 is 0 Å². The minimum atomic E-state index is -0.380. The summed E-state index contributed by atoms with van der Waals surface area (Å²) in [5, 5.41) is 3.38. The average Bonchev–Trinajstić information content (AvgIpc) is 2.89. The van der Waals surface area contributed by atoms with Gasteiger partial charge in [0, 0.05) is 29.8 Å². The lowest BCUT2D eigenvalue weighted by molar-refractivity contribution is -0.149. The Bertz CT molecular complexity index is 1080. The number of hydrogen-bond acceptors (Lipinski definition) is 7. The maximum Gasteiger partial charge on any atom is 0.248 e. The van der Waals surface area contributed by atoms with Gasteiger partial charge in [-0.05, 0) is 61.6 Å². The van der Waals surface area contributed by atoms with Crippen molar-refractivity contribution in [2.45, 2.75) is 44.6 Å². The smallest absolute Gasteiger partial charge is 0.248 e. The molecule has 11 heteroatoms. The number of carbonyl (C=O) groups excluding carboxylic acids is 1. The molecule has 208 valence electrons. The number of rotatable bonds is 15. The molecule has 2 heterocycles. The fourth-order valence-electron chi connectivity index (χ4n) is 6.38. The Morgan fingerprint density at radius 3 is 2.50 bits per heavy atom. The lowest BCUT2D eigenvalue weighted by atomic mass is 9.56. The van der Waals surface area contributed by atoms with E-state index in [4.69, 9.17) is 24.5 Å². The summed E-state index contributed by atoms with van der Waals surface area (Å²) in [4.78, 5) is 33.4. The molecule has 2 aliphatic carbocycles. The van der Waals surface area contributed by atoms with E-state index in [-0.39, 0.29) is 17.0 Å². The van der Waals surface area contributed by atoms with Crippen LogP contribution in [0.5, 0.6) is 0 Å². The number of aromatic amines is 1. The Hall–Kier alpha value is -2.69. The third kappa shape index (κ3) is 6.65. The van der Waals surface area contributed by atoms with Gasteiger partial charge in [0.2, 0.25) is 11.5 Å². The van der Waals surface area contributed by atoms with E-state index in [1.807, 2.05) is 6.07 Å². The van der Waals surface area contributed by atoms with Crippen molar-refractivity contribution in [2.24, 2.45) is 17.0 Å². The van der Waals surface area contributed by atoms with Gasteiger partial charge in [-0.15, -0.1) is 0 Å². The lowest BCUT2D eigenvalue weighted by Gasteiger charge is -2.59. The number of nitrogens with one attached hydrogen (secondary N) is 1. The first-order chi connectivity index (χ1) is 18.6. The number of aromatic nitrogens is 1. The monoisotopic (exact) mass is 529 g/mol. The van der Waals surface area contributed by atoms with Gasteiger partial charge in [0.1, 0.15) is 0 Å². The Labute approximate surface area is 223 Å². The van der Waals surface area contributed by atoms with Gasteiger partial charge in [-0.25, -0.2) is 0 Å². The molecule has 0 aromatic carbocycles. The van der Waals surface area contributed by atoms with Crippen molar-refractivity contribution in [3.05, 3.63) is 55.8 Å². The number of ether oxygens (including phenoxy) is 4. The summed E-state index contributed by atoms with van der Waals surface area (Å²) in [6.45, 7) is 6.59. The van der Waals surface area contributed by atoms with Crippen LogP contribution in [0.25, 0.3) is 10.4 Å². The van der Waals surface area contributed by atoms with E-state index >= 15 is 0 Å². The normalized spacial score (nSPS) is 23.7. The summed E-state index contributed by atoms with van der Waals surface area (Å²) in [6.07, 6.45) is 6.43. The number of nitrogens with zero attached hydrogens (tertiary/aromatic N) is 4. The molecule has 11 nitrogen and oxygen atoms in total. The van der Waals surface area contributed by atoms with Gasteiger partial charge >= 0.3 is 0 Å². The van der Waals surface area contributed by atoms with E-state index in [1.165, 1.54) is 5.57 Å². The zero-order valence-corrected chi connectivity index (χ0v) is 22.2. The molecule has 1 aliphatic heterocycles. The molecule has 1 amide bonds. The maximum absolute atomic E-state index is 13.5. The minimum absolute atomic E-state index is 0.0823. The van der Waals surface area contributed by atoms with Crippen LogP contribution >= 0.6 is 0 Å². The van der Waals surface area contributed by atoms with Crippen LogP contribution in [0.1, 0.15) is 43.9 Å². The van der Waals surface area contributed by atoms with Crippen molar-refractivity contribution in [2.75, 3.05) is 65.9 Å². The summed E-state index contributed by atoms with van der Waals surface area (Å²) in [6, 6.07) is 3.56. The number of H-pyrrole nitrogens is 1. The van der Waals surface area contributed by atoms with Crippen molar-refractivity contribution in [1.82, 2.24) is 9.88 Å². The molecular weight excluding hydrogens is 490 g/mol. The molecule has 1 aromatic heterocycles. The number of carbonyl (C=O) groups is 1. The van der Waals surface area contributed by atoms with E-state index in [0.717, 1.165) is 43.5 Å². The first kappa shape index (κ1) is 28.3. The summed E-state index contributed by atoms with van der Waals surface area (Å²) in [5.41, 5.74) is 11.1. The third-order valence-corrected chi connectivity index (χ3v) is 7.74. The summed E-state index contributed by atoms with van der Waals surface area (Å²) >= 11 is 0. The Balaban J connectivity index is 1.19. The molecule has 0 spiro atoms. The third-order valence-electron chi connectivity index (χ3n) is 7.74. The fourth-order valence-corrected chi connectivity index (χ4v) is 6.38. The number of amides is 1. The number of piperidine rings is 1. The van der Waals surface area contributed by atoms with Crippen LogP contribution in [-0.4, -0.2) is 81.7 Å². The molecule has 2 bridgehead atoms. The molecule has 38 heavy (non-hydrogen) atoms. The lowest BCUT2D eigenvalue weighted by Crippen LogP contribution is -2.62. The van der Waals surface area contributed by atoms with E-state index in [1.54, 1.807) is 6.07 Å². The zero-order chi connectivity index (χ0) is 26.8. The summed E-state index contributed by atoms with van der Waals surface area (Å²) in [7, 11) is 0. The number of azide groups is 1. The topological polar surface area (TPSA) is 139 Å². The highest BCUT2D eigenvalue weighted by Crippen LogP contribution is 2.56. The van der Waals surface area contributed by atoms with Crippen molar-refractivity contribution in [3.63, 3.8) is 0 Å². The first-order valence-corrected chi connectivity index (χ1v) is 13.6. The molecule has 3 atom stereocenters. The molecule has 0 unspecified atom stereocenters. The molecule has 1 aromatic rings. The predicted octanol–water partition coefficient (Wildman–Crippen LogP) is 3.10. The van der Waals surface area contributed by atoms with E-state index in [2.05, 4.69) is 32.9 Å². The van der Waals surface area contributed by atoms with Gasteiger partial charge in [-0.2, -0.15) is 0 Å². The van der Waals surface area contributed by atoms with Crippen LogP contribution in [0.15, 0.2) is 33.7 Å². The Kier molecular flexibility index (Phi) is 10.4. The van der Waals surface area contributed by atoms with Gasteiger partial charge in [0.05, 0.1) is 64.8 Å². The fraction of sp³-hybridized carbons (Fsp3) is 0.704. The molecule has 1 N–H and O–H groups in total. The summed E-state index contributed by atoms with van der Waals surface area (Å²) < 4.78 is 21.9. The second kappa shape index (κ2) is 13.9.